The van der Waals surface area contributed by atoms with Crippen LogP contribution in [0.1, 0.15) is 27.7 Å². The van der Waals surface area contributed by atoms with Crippen molar-refractivity contribution < 1.29 is 9.22 Å². The van der Waals surface area contributed by atoms with Gasteiger partial charge in [0.25, 0.3) is 8.32 Å². The third-order valence-electron chi connectivity index (χ3n) is 4.31. The number of carbonyl (C=O) groups is 1. The van der Waals surface area contributed by atoms with Gasteiger partial charge in [-0.1, -0.05) is 87.5 Å². The fourth-order valence-corrected chi connectivity index (χ4v) is 7.60. The summed E-state index contributed by atoms with van der Waals surface area (Å²) in [4.78, 5) is 10.9. The van der Waals surface area contributed by atoms with Crippen LogP contribution in [0.4, 0.5) is 0 Å². The van der Waals surface area contributed by atoms with Crippen molar-refractivity contribution in [3.05, 3.63) is 72.3 Å². The second-order valence-corrected chi connectivity index (χ2v) is 11.3. The van der Waals surface area contributed by atoms with E-state index in [0.29, 0.717) is 12.2 Å². The fourth-order valence-electron chi connectivity index (χ4n) is 3.11. The summed E-state index contributed by atoms with van der Waals surface area (Å²) in [5.74, 6) is 0. The van der Waals surface area contributed by atoms with Crippen LogP contribution in [-0.2, 0) is 9.22 Å². The van der Waals surface area contributed by atoms with Gasteiger partial charge in [-0.2, -0.15) is 0 Å². The molecule has 2 nitrogen and oxygen atoms in total. The van der Waals surface area contributed by atoms with Gasteiger partial charge < -0.3 is 4.43 Å². The molecule has 0 heterocycles. The quantitative estimate of drug-likeness (QED) is 0.456. The Kier molecular flexibility index (Phi) is 5.92. The lowest BCUT2D eigenvalue weighted by Gasteiger charge is -2.42. The molecule has 2 aromatic rings. The average Bonchev–Trinajstić information content (AvgIpc) is 2.59. The summed E-state index contributed by atoms with van der Waals surface area (Å²) < 4.78 is 6.64. The Morgan fingerprint density at radius 2 is 1.42 bits per heavy atom. The largest absolute Gasteiger partial charge is 0.404 e. The number of allylic oxidation sites excluding steroid dienone is 1. The summed E-state index contributed by atoms with van der Waals surface area (Å²) in [7, 11) is -2.49. The van der Waals surface area contributed by atoms with Crippen LogP contribution < -0.4 is 10.4 Å². The third-order valence-corrected chi connectivity index (χ3v) is 9.31. The van der Waals surface area contributed by atoms with Gasteiger partial charge in [-0.3, -0.25) is 4.79 Å². The van der Waals surface area contributed by atoms with Gasteiger partial charge in [0.1, 0.15) is 6.29 Å². The van der Waals surface area contributed by atoms with Gasteiger partial charge in [0.05, 0.1) is 6.61 Å². The van der Waals surface area contributed by atoms with Crippen LogP contribution in [0.2, 0.25) is 5.04 Å². The van der Waals surface area contributed by atoms with Gasteiger partial charge >= 0.3 is 0 Å². The molecule has 2 aromatic carbocycles. The van der Waals surface area contributed by atoms with Crippen molar-refractivity contribution in [1.29, 1.82) is 0 Å². The van der Waals surface area contributed by atoms with Crippen molar-refractivity contribution in [3.63, 3.8) is 0 Å². The standard InChI is InChI=1S/C21H26O2Si/c1-18(17-22)15-16-23-24(21(2,3)4,19-11-7-5-8-12-19)20-13-9-6-10-14-20/h5-15,17H,16H2,1-4H3/b18-15+. The van der Waals surface area contributed by atoms with Crippen LogP contribution in [0.25, 0.3) is 0 Å². The first-order valence-corrected chi connectivity index (χ1v) is 10.2. The first-order chi connectivity index (χ1) is 11.4. The molecule has 2 rings (SSSR count). The Hall–Kier alpha value is -1.97. The highest BCUT2D eigenvalue weighted by molar-refractivity contribution is 6.99. The number of benzene rings is 2. The number of hydrogen-bond donors (Lipinski definition) is 0. The van der Waals surface area contributed by atoms with Gasteiger partial charge in [-0.25, -0.2) is 0 Å². The zero-order chi connectivity index (χ0) is 17.6. The molecule has 0 aliphatic heterocycles. The van der Waals surface area contributed by atoms with E-state index < -0.39 is 8.32 Å². The van der Waals surface area contributed by atoms with Crippen LogP contribution in [0, 0.1) is 0 Å². The van der Waals surface area contributed by atoms with E-state index in [9.17, 15) is 4.79 Å². The maximum atomic E-state index is 10.9. The number of rotatable bonds is 6. The van der Waals surface area contributed by atoms with Gasteiger partial charge in [0.2, 0.25) is 0 Å². The molecule has 0 saturated heterocycles. The normalized spacial score (nSPS) is 12.9. The summed E-state index contributed by atoms with van der Waals surface area (Å²) in [6.07, 6.45) is 2.74. The molecule has 0 aliphatic carbocycles. The molecule has 0 N–H and O–H groups in total. The first-order valence-electron chi connectivity index (χ1n) is 8.29. The topological polar surface area (TPSA) is 26.3 Å². The molecule has 0 unspecified atom stereocenters. The first kappa shape index (κ1) is 18.4. The van der Waals surface area contributed by atoms with E-state index in [1.807, 2.05) is 25.1 Å². The Morgan fingerprint density at radius 3 is 1.79 bits per heavy atom. The summed E-state index contributed by atoms with van der Waals surface area (Å²) in [6.45, 7) is 8.99. The summed E-state index contributed by atoms with van der Waals surface area (Å²) >= 11 is 0. The summed E-state index contributed by atoms with van der Waals surface area (Å²) in [6, 6.07) is 21.0. The monoisotopic (exact) mass is 338 g/mol. The zero-order valence-electron chi connectivity index (χ0n) is 15.0. The maximum Gasteiger partial charge on any atom is 0.261 e. The van der Waals surface area contributed by atoms with Gasteiger partial charge in [-0.15, -0.1) is 0 Å². The average molecular weight is 339 g/mol. The highest BCUT2D eigenvalue weighted by Gasteiger charge is 2.49. The maximum absolute atomic E-state index is 10.9. The lowest BCUT2D eigenvalue weighted by atomic mass is 10.2. The zero-order valence-corrected chi connectivity index (χ0v) is 16.0. The molecule has 0 atom stereocenters. The van der Waals surface area contributed by atoms with E-state index in [-0.39, 0.29) is 5.04 Å². The van der Waals surface area contributed by atoms with Gasteiger partial charge in [0.15, 0.2) is 0 Å². The summed E-state index contributed by atoms with van der Waals surface area (Å²) in [5, 5.41) is 2.46. The van der Waals surface area contributed by atoms with E-state index in [0.717, 1.165) is 6.29 Å². The molecule has 0 bridgehead atoms. The minimum atomic E-state index is -2.49. The molecule has 0 amide bonds. The van der Waals surface area contributed by atoms with E-state index in [4.69, 9.17) is 4.43 Å². The lowest BCUT2D eigenvalue weighted by Crippen LogP contribution is -2.66. The lowest BCUT2D eigenvalue weighted by molar-refractivity contribution is -0.104. The molecule has 0 spiro atoms. The van der Waals surface area contributed by atoms with E-state index in [1.54, 1.807) is 0 Å². The van der Waals surface area contributed by atoms with Gasteiger partial charge in [0, 0.05) is 0 Å². The third kappa shape index (κ3) is 3.74. The highest BCUT2D eigenvalue weighted by Crippen LogP contribution is 2.36. The number of carbonyl (C=O) groups excluding carboxylic acids is 1. The molecule has 0 radical (unpaired) electrons. The Bertz CT molecular complexity index is 645. The Morgan fingerprint density at radius 1 is 0.958 bits per heavy atom. The molecule has 0 aliphatic rings. The van der Waals surface area contributed by atoms with E-state index in [1.165, 1.54) is 10.4 Å². The van der Waals surface area contributed by atoms with Crippen LogP contribution in [0.5, 0.6) is 0 Å². The Labute approximate surface area is 146 Å². The van der Waals surface area contributed by atoms with Crippen molar-refractivity contribution in [1.82, 2.24) is 0 Å². The molecular formula is C21H26O2Si. The van der Waals surface area contributed by atoms with Crippen LogP contribution in [0.3, 0.4) is 0 Å². The minimum absolute atomic E-state index is 0.0430. The van der Waals surface area contributed by atoms with Crippen molar-refractivity contribution in [2.45, 2.75) is 32.7 Å². The second kappa shape index (κ2) is 7.73. The molecule has 0 aromatic heterocycles. The second-order valence-electron chi connectivity index (χ2n) is 7.04. The Balaban J connectivity index is 2.59. The smallest absolute Gasteiger partial charge is 0.261 e. The van der Waals surface area contributed by atoms with Crippen LogP contribution in [0.15, 0.2) is 72.3 Å². The predicted octanol–water partition coefficient (Wildman–Crippen LogP) is 3.71. The van der Waals surface area contributed by atoms with Crippen LogP contribution >= 0.6 is 0 Å². The summed E-state index contributed by atoms with van der Waals surface area (Å²) in [5.41, 5.74) is 0.702. The van der Waals surface area contributed by atoms with E-state index >= 15 is 0 Å². The SMILES string of the molecule is C/C(C=O)=C\CO[Si](c1ccccc1)(c1ccccc1)C(C)(C)C. The molecular weight excluding hydrogens is 312 g/mol. The molecule has 24 heavy (non-hydrogen) atoms. The molecule has 0 fully saturated rings. The van der Waals surface area contributed by atoms with Crippen molar-refractivity contribution >= 4 is 25.0 Å². The predicted molar refractivity (Wildman–Crippen MR) is 103 cm³/mol. The fraction of sp³-hybridized carbons (Fsp3) is 0.286. The van der Waals surface area contributed by atoms with Crippen molar-refractivity contribution in [2.24, 2.45) is 0 Å². The van der Waals surface area contributed by atoms with Crippen molar-refractivity contribution in [3.8, 4) is 0 Å². The molecule has 126 valence electrons. The minimum Gasteiger partial charge on any atom is -0.404 e. The van der Waals surface area contributed by atoms with Crippen LogP contribution in [-0.4, -0.2) is 21.2 Å². The van der Waals surface area contributed by atoms with Crippen molar-refractivity contribution in [2.75, 3.05) is 6.61 Å². The molecule has 0 saturated carbocycles. The van der Waals surface area contributed by atoms with E-state index in [2.05, 4.69) is 69.3 Å². The number of aldehydes is 1. The highest BCUT2D eigenvalue weighted by atomic mass is 28.4. The van der Waals surface area contributed by atoms with Gasteiger partial charge in [-0.05, 0) is 27.9 Å². The molecule has 3 heteroatoms. The number of hydrogen-bond acceptors (Lipinski definition) is 2.